The van der Waals surface area contributed by atoms with Gasteiger partial charge in [0, 0.05) is 27.2 Å². The first kappa shape index (κ1) is 14.2. The second-order valence-corrected chi connectivity index (χ2v) is 5.86. The van der Waals surface area contributed by atoms with Crippen molar-refractivity contribution in [2.24, 2.45) is 13.0 Å². The van der Waals surface area contributed by atoms with Gasteiger partial charge in [-0.1, -0.05) is 13.8 Å². The zero-order valence-electron chi connectivity index (χ0n) is 12.5. The van der Waals surface area contributed by atoms with E-state index in [1.807, 2.05) is 11.7 Å². The van der Waals surface area contributed by atoms with Crippen molar-refractivity contribution in [1.29, 1.82) is 0 Å². The number of nitrogen functional groups attached to an aromatic ring is 1. The number of anilines is 2. The van der Waals surface area contributed by atoms with Crippen LogP contribution in [0.3, 0.4) is 0 Å². The van der Waals surface area contributed by atoms with Crippen molar-refractivity contribution >= 4 is 11.5 Å². The Hall–Kier alpha value is -1.23. The molecular formula is C14H26N4O. The zero-order valence-corrected chi connectivity index (χ0v) is 12.5. The normalized spacial score (nSPS) is 19.9. The Morgan fingerprint density at radius 1 is 1.53 bits per heavy atom. The summed E-state index contributed by atoms with van der Waals surface area (Å²) in [5.74, 6) is 1.97. The molecule has 1 saturated heterocycles. The summed E-state index contributed by atoms with van der Waals surface area (Å²) in [5, 5.41) is 4.54. The quantitative estimate of drug-likeness (QED) is 0.905. The highest BCUT2D eigenvalue weighted by Crippen LogP contribution is 2.30. The van der Waals surface area contributed by atoms with Crippen molar-refractivity contribution in [3.63, 3.8) is 0 Å². The van der Waals surface area contributed by atoms with Gasteiger partial charge in [0.2, 0.25) is 0 Å². The second kappa shape index (κ2) is 5.82. The average molecular weight is 266 g/mol. The molecule has 0 saturated carbocycles. The molecule has 108 valence electrons. The van der Waals surface area contributed by atoms with Crippen molar-refractivity contribution in [1.82, 2.24) is 9.78 Å². The van der Waals surface area contributed by atoms with Crippen molar-refractivity contribution in [3.8, 4) is 0 Å². The number of aromatic nitrogens is 2. The highest BCUT2D eigenvalue weighted by Gasteiger charge is 2.22. The molecule has 2 heterocycles. The second-order valence-electron chi connectivity index (χ2n) is 5.86. The zero-order chi connectivity index (χ0) is 14.0. The summed E-state index contributed by atoms with van der Waals surface area (Å²) in [6.07, 6.45) is 2.40. The molecule has 1 aromatic heterocycles. The van der Waals surface area contributed by atoms with Crippen LogP contribution in [0.15, 0.2) is 0 Å². The minimum Gasteiger partial charge on any atom is -0.394 e. The first-order valence-electron chi connectivity index (χ1n) is 7.12. The van der Waals surface area contributed by atoms with Crippen LogP contribution < -0.4 is 10.6 Å². The van der Waals surface area contributed by atoms with E-state index >= 15 is 0 Å². The van der Waals surface area contributed by atoms with Crippen molar-refractivity contribution in [2.75, 3.05) is 37.4 Å². The number of hydrogen-bond acceptors (Lipinski definition) is 4. The largest absolute Gasteiger partial charge is 0.394 e. The first-order chi connectivity index (χ1) is 9.00. The van der Waals surface area contributed by atoms with Crippen LogP contribution in [0.25, 0.3) is 0 Å². The highest BCUT2D eigenvalue weighted by molar-refractivity contribution is 5.66. The lowest BCUT2D eigenvalue weighted by Gasteiger charge is -2.28. The monoisotopic (exact) mass is 266 g/mol. The molecule has 1 unspecified atom stereocenters. The Kier molecular flexibility index (Phi) is 4.34. The van der Waals surface area contributed by atoms with Crippen LogP contribution >= 0.6 is 0 Å². The Morgan fingerprint density at radius 3 is 2.79 bits per heavy atom. The van der Waals surface area contributed by atoms with Crippen molar-refractivity contribution in [3.05, 3.63) is 5.69 Å². The molecule has 5 heteroatoms. The summed E-state index contributed by atoms with van der Waals surface area (Å²) in [6, 6.07) is 0. The SMILES string of the molecule is CC(C)c1nn(C)c(N(C)CC2CCCOC2)c1N. The molecule has 2 rings (SSSR count). The fraction of sp³-hybridized carbons (Fsp3) is 0.786. The van der Waals surface area contributed by atoms with Gasteiger partial charge in [-0.25, -0.2) is 0 Å². The maximum atomic E-state index is 6.25. The molecule has 1 atom stereocenters. The van der Waals surface area contributed by atoms with Crippen LogP contribution in [-0.4, -0.2) is 36.6 Å². The molecule has 1 aliphatic heterocycles. The van der Waals surface area contributed by atoms with E-state index < -0.39 is 0 Å². The molecule has 1 aliphatic rings. The topological polar surface area (TPSA) is 56.3 Å². The first-order valence-corrected chi connectivity index (χ1v) is 7.12. The molecule has 5 nitrogen and oxygen atoms in total. The standard InChI is InChI=1S/C14H26N4O/c1-10(2)13-12(15)14(18(4)16-13)17(3)8-11-6-5-7-19-9-11/h10-11H,5-9,15H2,1-4H3. The van der Waals surface area contributed by atoms with E-state index in [-0.39, 0.29) is 0 Å². The summed E-state index contributed by atoms with van der Waals surface area (Å²) in [7, 11) is 4.05. The van der Waals surface area contributed by atoms with Crippen molar-refractivity contribution in [2.45, 2.75) is 32.6 Å². The Bertz CT molecular complexity index is 421. The van der Waals surface area contributed by atoms with Gasteiger partial charge in [0.25, 0.3) is 0 Å². The lowest BCUT2D eigenvalue weighted by molar-refractivity contribution is 0.0575. The lowest BCUT2D eigenvalue weighted by atomic mass is 10.0. The van der Waals surface area contributed by atoms with Gasteiger partial charge in [0.15, 0.2) is 0 Å². The number of nitrogens with zero attached hydrogens (tertiary/aromatic N) is 3. The number of rotatable bonds is 4. The molecule has 0 amide bonds. The van der Waals surface area contributed by atoms with E-state index in [4.69, 9.17) is 10.5 Å². The van der Waals surface area contributed by atoms with Gasteiger partial charge in [-0.2, -0.15) is 5.10 Å². The van der Waals surface area contributed by atoms with E-state index in [0.29, 0.717) is 11.8 Å². The molecule has 0 aromatic carbocycles. The van der Waals surface area contributed by atoms with Gasteiger partial charge >= 0.3 is 0 Å². The Labute approximate surface area is 115 Å². The Balaban J connectivity index is 2.11. The highest BCUT2D eigenvalue weighted by atomic mass is 16.5. The summed E-state index contributed by atoms with van der Waals surface area (Å²) in [5.41, 5.74) is 8.06. The third-order valence-electron chi connectivity index (χ3n) is 3.78. The van der Waals surface area contributed by atoms with E-state index in [2.05, 4.69) is 30.9 Å². The van der Waals surface area contributed by atoms with E-state index in [1.54, 1.807) is 0 Å². The molecule has 19 heavy (non-hydrogen) atoms. The van der Waals surface area contributed by atoms with Gasteiger partial charge < -0.3 is 15.4 Å². The fourth-order valence-electron chi connectivity index (χ4n) is 2.86. The summed E-state index contributed by atoms with van der Waals surface area (Å²) >= 11 is 0. The number of hydrogen-bond donors (Lipinski definition) is 1. The average Bonchev–Trinajstić information content (AvgIpc) is 2.66. The molecule has 1 aromatic rings. The van der Waals surface area contributed by atoms with E-state index in [1.165, 1.54) is 6.42 Å². The van der Waals surface area contributed by atoms with Crippen molar-refractivity contribution < 1.29 is 4.74 Å². The van der Waals surface area contributed by atoms with Crippen LogP contribution in [0.1, 0.15) is 38.3 Å². The van der Waals surface area contributed by atoms with Gasteiger partial charge in [-0.3, -0.25) is 4.68 Å². The number of nitrogens with two attached hydrogens (primary N) is 1. The molecule has 0 spiro atoms. The van der Waals surface area contributed by atoms with Gasteiger partial charge in [0.1, 0.15) is 5.82 Å². The molecule has 0 bridgehead atoms. The molecule has 0 radical (unpaired) electrons. The number of ether oxygens (including phenoxy) is 1. The maximum Gasteiger partial charge on any atom is 0.150 e. The summed E-state index contributed by atoms with van der Waals surface area (Å²) < 4.78 is 7.44. The molecular weight excluding hydrogens is 240 g/mol. The molecule has 0 aliphatic carbocycles. The van der Waals surface area contributed by atoms with E-state index in [0.717, 1.165) is 43.4 Å². The van der Waals surface area contributed by atoms with E-state index in [9.17, 15) is 0 Å². The summed E-state index contributed by atoms with van der Waals surface area (Å²) in [6.45, 7) is 6.99. The van der Waals surface area contributed by atoms with Gasteiger partial charge in [-0.15, -0.1) is 0 Å². The lowest BCUT2D eigenvalue weighted by Crippen LogP contribution is -2.32. The Morgan fingerprint density at radius 2 is 2.26 bits per heavy atom. The molecule has 2 N–H and O–H groups in total. The third-order valence-corrected chi connectivity index (χ3v) is 3.78. The minimum atomic E-state index is 0.353. The van der Waals surface area contributed by atoms with Crippen LogP contribution in [0, 0.1) is 5.92 Å². The minimum absolute atomic E-state index is 0.353. The van der Waals surface area contributed by atoms with Gasteiger partial charge in [0.05, 0.1) is 18.0 Å². The van der Waals surface area contributed by atoms with Gasteiger partial charge in [-0.05, 0) is 24.7 Å². The van der Waals surface area contributed by atoms with Crippen LogP contribution in [0.4, 0.5) is 11.5 Å². The van der Waals surface area contributed by atoms with Crippen LogP contribution in [-0.2, 0) is 11.8 Å². The van der Waals surface area contributed by atoms with Crippen LogP contribution in [0.2, 0.25) is 0 Å². The predicted octanol–water partition coefficient (Wildman–Crippen LogP) is 1.99. The maximum absolute atomic E-state index is 6.25. The summed E-state index contributed by atoms with van der Waals surface area (Å²) in [4.78, 5) is 2.22. The fourth-order valence-corrected chi connectivity index (χ4v) is 2.86. The van der Waals surface area contributed by atoms with Crippen LogP contribution in [0.5, 0.6) is 0 Å². The predicted molar refractivity (Wildman–Crippen MR) is 78.5 cm³/mol. The number of aryl methyl sites for hydroxylation is 1. The smallest absolute Gasteiger partial charge is 0.150 e. The molecule has 1 fully saturated rings. The third kappa shape index (κ3) is 3.03.